The summed E-state index contributed by atoms with van der Waals surface area (Å²) in [5.74, 6) is 1.93. The molecule has 2 aromatic rings. The number of ether oxygens (including phenoxy) is 2. The first kappa shape index (κ1) is 15.4. The van der Waals surface area contributed by atoms with Gasteiger partial charge in [-0.1, -0.05) is 0 Å². The predicted octanol–water partition coefficient (Wildman–Crippen LogP) is 2.27. The van der Waals surface area contributed by atoms with Crippen molar-refractivity contribution in [2.75, 3.05) is 26.4 Å². The van der Waals surface area contributed by atoms with Crippen LogP contribution in [-0.4, -0.2) is 37.3 Å². The number of benzene rings is 1. The zero-order chi connectivity index (χ0) is 16.4. The van der Waals surface area contributed by atoms with E-state index in [1.807, 2.05) is 18.2 Å². The summed E-state index contributed by atoms with van der Waals surface area (Å²) in [6, 6.07) is 5.70. The standard InChI is InChI=1S/C17H19N3O3S/c21-16(19-8-11-2-1-5-18-7-11)15-9-20-17(24-15)12-3-4-13-14(6-12)23-10-22-13/h3-4,6,9,11,18H,1-2,5,7-8,10H2,(H,19,21). The smallest absolute Gasteiger partial charge is 0.263 e. The van der Waals surface area contributed by atoms with E-state index in [0.29, 0.717) is 17.3 Å². The molecule has 6 nitrogen and oxygen atoms in total. The van der Waals surface area contributed by atoms with E-state index < -0.39 is 0 Å². The summed E-state index contributed by atoms with van der Waals surface area (Å²) in [7, 11) is 0. The van der Waals surface area contributed by atoms with Crippen LogP contribution in [0.2, 0.25) is 0 Å². The second-order valence-corrected chi connectivity index (χ2v) is 7.05. The maximum Gasteiger partial charge on any atom is 0.263 e. The van der Waals surface area contributed by atoms with Gasteiger partial charge in [-0.15, -0.1) is 11.3 Å². The number of piperidine rings is 1. The Morgan fingerprint density at radius 2 is 2.29 bits per heavy atom. The number of fused-ring (bicyclic) bond motifs is 1. The molecule has 0 aliphatic carbocycles. The van der Waals surface area contributed by atoms with Crippen LogP contribution in [0.4, 0.5) is 0 Å². The first-order valence-electron chi connectivity index (χ1n) is 8.14. The average molecular weight is 345 g/mol. The number of aromatic nitrogens is 1. The highest BCUT2D eigenvalue weighted by Crippen LogP contribution is 2.36. The normalized spacial score (nSPS) is 19.2. The van der Waals surface area contributed by atoms with Gasteiger partial charge in [-0.05, 0) is 50.0 Å². The minimum atomic E-state index is -0.0509. The quantitative estimate of drug-likeness (QED) is 0.889. The van der Waals surface area contributed by atoms with Crippen LogP contribution in [-0.2, 0) is 0 Å². The summed E-state index contributed by atoms with van der Waals surface area (Å²) < 4.78 is 10.7. The molecule has 3 heterocycles. The molecule has 4 rings (SSSR count). The van der Waals surface area contributed by atoms with Crippen molar-refractivity contribution in [1.82, 2.24) is 15.6 Å². The number of rotatable bonds is 4. The lowest BCUT2D eigenvalue weighted by Crippen LogP contribution is -2.37. The molecule has 0 bridgehead atoms. The highest BCUT2D eigenvalue weighted by molar-refractivity contribution is 7.16. The number of nitrogens with one attached hydrogen (secondary N) is 2. The first-order valence-corrected chi connectivity index (χ1v) is 8.96. The van der Waals surface area contributed by atoms with Crippen LogP contribution >= 0.6 is 11.3 Å². The van der Waals surface area contributed by atoms with E-state index in [-0.39, 0.29) is 12.7 Å². The Balaban J connectivity index is 1.41. The van der Waals surface area contributed by atoms with Crippen LogP contribution < -0.4 is 20.1 Å². The van der Waals surface area contributed by atoms with E-state index >= 15 is 0 Å². The fraction of sp³-hybridized carbons (Fsp3) is 0.412. The van der Waals surface area contributed by atoms with Gasteiger partial charge in [0.15, 0.2) is 11.5 Å². The van der Waals surface area contributed by atoms with Gasteiger partial charge in [0.05, 0.1) is 6.20 Å². The molecule has 1 unspecified atom stereocenters. The molecule has 1 fully saturated rings. The molecule has 126 valence electrons. The van der Waals surface area contributed by atoms with Crippen molar-refractivity contribution in [3.63, 3.8) is 0 Å². The Bertz CT molecular complexity index is 740. The zero-order valence-electron chi connectivity index (χ0n) is 13.2. The van der Waals surface area contributed by atoms with Gasteiger partial charge in [0.2, 0.25) is 6.79 Å². The van der Waals surface area contributed by atoms with Gasteiger partial charge in [0.25, 0.3) is 5.91 Å². The van der Waals surface area contributed by atoms with Crippen LogP contribution in [0.3, 0.4) is 0 Å². The second-order valence-electron chi connectivity index (χ2n) is 6.02. The highest BCUT2D eigenvalue weighted by atomic mass is 32.1. The molecule has 7 heteroatoms. The molecular formula is C17H19N3O3S. The lowest BCUT2D eigenvalue weighted by atomic mass is 10.00. The number of thiazole rings is 1. The summed E-state index contributed by atoms with van der Waals surface area (Å²) >= 11 is 1.39. The maximum atomic E-state index is 12.3. The Labute approximate surface area is 144 Å². The minimum absolute atomic E-state index is 0.0509. The monoisotopic (exact) mass is 345 g/mol. The number of carbonyl (C=O) groups is 1. The van der Waals surface area contributed by atoms with Crippen LogP contribution in [0, 0.1) is 5.92 Å². The highest BCUT2D eigenvalue weighted by Gasteiger charge is 2.18. The maximum absolute atomic E-state index is 12.3. The average Bonchev–Trinajstić information content (AvgIpc) is 3.29. The van der Waals surface area contributed by atoms with Gasteiger partial charge >= 0.3 is 0 Å². The van der Waals surface area contributed by atoms with Crippen LogP contribution in [0.1, 0.15) is 22.5 Å². The van der Waals surface area contributed by atoms with Crippen LogP contribution in [0.5, 0.6) is 11.5 Å². The second kappa shape index (κ2) is 6.78. The molecule has 1 atom stereocenters. The van der Waals surface area contributed by atoms with Crippen molar-refractivity contribution in [3.8, 4) is 22.1 Å². The predicted molar refractivity (Wildman–Crippen MR) is 91.6 cm³/mol. The molecule has 2 N–H and O–H groups in total. The van der Waals surface area contributed by atoms with Gasteiger partial charge in [0.1, 0.15) is 9.88 Å². The molecule has 2 aliphatic heterocycles. The third-order valence-corrected chi connectivity index (χ3v) is 5.34. The Morgan fingerprint density at radius 3 is 3.17 bits per heavy atom. The van der Waals surface area contributed by atoms with Crippen LogP contribution in [0.25, 0.3) is 10.6 Å². The van der Waals surface area contributed by atoms with E-state index in [1.54, 1.807) is 6.20 Å². The van der Waals surface area contributed by atoms with Gasteiger partial charge in [0, 0.05) is 12.1 Å². The molecule has 1 aromatic heterocycles. The Kier molecular flexibility index (Phi) is 4.36. The third kappa shape index (κ3) is 3.22. The first-order chi connectivity index (χ1) is 11.8. The van der Waals surface area contributed by atoms with Crippen LogP contribution in [0.15, 0.2) is 24.4 Å². The van der Waals surface area contributed by atoms with Gasteiger partial charge in [-0.3, -0.25) is 4.79 Å². The SMILES string of the molecule is O=C(NCC1CCCNC1)c1cnc(-c2ccc3c(c2)OCO3)s1. The summed E-state index contributed by atoms with van der Waals surface area (Å²) in [4.78, 5) is 17.3. The fourth-order valence-electron chi connectivity index (χ4n) is 2.96. The van der Waals surface area contributed by atoms with Gasteiger partial charge < -0.3 is 20.1 Å². The number of hydrogen-bond acceptors (Lipinski definition) is 6. The van der Waals surface area contributed by atoms with Gasteiger partial charge in [-0.25, -0.2) is 4.98 Å². The number of nitrogens with zero attached hydrogens (tertiary/aromatic N) is 1. The Morgan fingerprint density at radius 1 is 1.38 bits per heavy atom. The summed E-state index contributed by atoms with van der Waals surface area (Å²) in [5, 5.41) is 7.19. The number of carbonyl (C=O) groups excluding carboxylic acids is 1. The lowest BCUT2D eigenvalue weighted by molar-refractivity contribution is 0.0948. The molecule has 1 saturated heterocycles. The summed E-state index contributed by atoms with van der Waals surface area (Å²) in [6.07, 6.45) is 3.98. The van der Waals surface area contributed by atoms with E-state index in [1.165, 1.54) is 24.2 Å². The van der Waals surface area contributed by atoms with Crippen molar-refractivity contribution >= 4 is 17.2 Å². The summed E-state index contributed by atoms with van der Waals surface area (Å²) in [6.45, 7) is 3.02. The molecule has 24 heavy (non-hydrogen) atoms. The third-order valence-electron chi connectivity index (χ3n) is 4.30. The Hall–Kier alpha value is -2.12. The molecular weight excluding hydrogens is 326 g/mol. The number of hydrogen-bond donors (Lipinski definition) is 2. The van der Waals surface area contributed by atoms with E-state index in [2.05, 4.69) is 15.6 Å². The lowest BCUT2D eigenvalue weighted by Gasteiger charge is -2.22. The van der Waals surface area contributed by atoms with Crippen molar-refractivity contribution < 1.29 is 14.3 Å². The number of amides is 1. The zero-order valence-corrected chi connectivity index (χ0v) is 14.0. The topological polar surface area (TPSA) is 72.5 Å². The molecule has 0 spiro atoms. The molecule has 0 saturated carbocycles. The minimum Gasteiger partial charge on any atom is -0.454 e. The van der Waals surface area contributed by atoms with E-state index in [0.717, 1.165) is 35.2 Å². The largest absolute Gasteiger partial charge is 0.454 e. The molecule has 1 aromatic carbocycles. The van der Waals surface area contributed by atoms with E-state index in [9.17, 15) is 4.79 Å². The van der Waals surface area contributed by atoms with Crippen molar-refractivity contribution in [2.24, 2.45) is 5.92 Å². The molecule has 0 radical (unpaired) electrons. The molecule has 2 aliphatic rings. The molecule has 1 amide bonds. The van der Waals surface area contributed by atoms with Crippen molar-refractivity contribution in [3.05, 3.63) is 29.3 Å². The van der Waals surface area contributed by atoms with E-state index in [4.69, 9.17) is 9.47 Å². The fourth-order valence-corrected chi connectivity index (χ4v) is 3.79. The van der Waals surface area contributed by atoms with Crippen molar-refractivity contribution in [2.45, 2.75) is 12.8 Å². The van der Waals surface area contributed by atoms with Gasteiger partial charge in [-0.2, -0.15) is 0 Å². The summed E-state index contributed by atoms with van der Waals surface area (Å²) in [5.41, 5.74) is 0.930. The van der Waals surface area contributed by atoms with Crippen molar-refractivity contribution in [1.29, 1.82) is 0 Å².